The van der Waals surface area contributed by atoms with E-state index in [9.17, 15) is 35.9 Å². The summed E-state index contributed by atoms with van der Waals surface area (Å²) in [7, 11) is 0. The van der Waals surface area contributed by atoms with Crippen LogP contribution in [0.5, 0.6) is 0 Å². The second-order valence-electron chi connectivity index (χ2n) is 6.95. The van der Waals surface area contributed by atoms with E-state index in [-0.39, 0.29) is 18.3 Å². The molecule has 0 aliphatic carbocycles. The van der Waals surface area contributed by atoms with Gasteiger partial charge in [-0.3, -0.25) is 9.59 Å². The number of anilines is 1. The van der Waals surface area contributed by atoms with Crippen LogP contribution >= 0.6 is 0 Å². The molecule has 0 bridgehead atoms. The van der Waals surface area contributed by atoms with E-state index in [0.29, 0.717) is 17.7 Å². The molecule has 1 amide bonds. The highest BCUT2D eigenvalue weighted by Crippen LogP contribution is 2.37. The second kappa shape index (κ2) is 8.48. The summed E-state index contributed by atoms with van der Waals surface area (Å²) in [5, 5.41) is 5.86. The number of aromatic nitrogens is 2. The maximum atomic E-state index is 13.0. The largest absolute Gasteiger partial charge is 0.416 e. The fraction of sp³-hybridized carbons (Fsp3) is 0.190. The summed E-state index contributed by atoms with van der Waals surface area (Å²) < 4.78 is 78.9. The number of amides is 1. The van der Waals surface area contributed by atoms with Gasteiger partial charge in [-0.05, 0) is 36.8 Å². The first kappa shape index (κ1) is 23.0. The second-order valence-corrected chi connectivity index (χ2v) is 6.95. The number of alkyl halides is 6. The van der Waals surface area contributed by atoms with Crippen LogP contribution in [0.4, 0.5) is 32.0 Å². The van der Waals surface area contributed by atoms with Crippen molar-refractivity contribution in [2.75, 3.05) is 5.32 Å². The van der Waals surface area contributed by atoms with E-state index >= 15 is 0 Å². The van der Waals surface area contributed by atoms with Crippen molar-refractivity contribution < 1.29 is 31.1 Å². The molecule has 5 nitrogen and oxygen atoms in total. The molecule has 0 saturated carbocycles. The molecule has 0 aliphatic rings. The Morgan fingerprint density at radius 3 is 2.00 bits per heavy atom. The van der Waals surface area contributed by atoms with Crippen molar-refractivity contribution in [2.45, 2.75) is 25.8 Å². The Hall–Kier alpha value is -3.63. The van der Waals surface area contributed by atoms with Gasteiger partial charge in [0.2, 0.25) is 0 Å². The molecule has 1 heterocycles. The molecule has 0 saturated heterocycles. The Labute approximate surface area is 177 Å². The number of hydrogen-bond donors (Lipinski definition) is 1. The van der Waals surface area contributed by atoms with Crippen LogP contribution in [0.3, 0.4) is 0 Å². The van der Waals surface area contributed by atoms with Crippen LogP contribution in [0.2, 0.25) is 0 Å². The van der Waals surface area contributed by atoms with Gasteiger partial charge in [0.15, 0.2) is 0 Å². The van der Waals surface area contributed by atoms with Crippen LogP contribution in [0, 0.1) is 6.92 Å². The number of nitrogens with zero attached hydrogens (tertiary/aromatic N) is 2. The van der Waals surface area contributed by atoms with E-state index < -0.39 is 40.6 Å². The molecular formula is C21H15F6N3O2. The molecule has 0 radical (unpaired) electrons. The lowest BCUT2D eigenvalue weighted by Gasteiger charge is -2.15. The zero-order valence-corrected chi connectivity index (χ0v) is 16.4. The summed E-state index contributed by atoms with van der Waals surface area (Å²) in [6, 6.07) is 9.90. The minimum atomic E-state index is -5.06. The Bertz CT molecular complexity index is 1170. The van der Waals surface area contributed by atoms with Crippen LogP contribution in [0.1, 0.15) is 32.7 Å². The van der Waals surface area contributed by atoms with E-state index in [2.05, 4.69) is 5.10 Å². The van der Waals surface area contributed by atoms with Crippen LogP contribution in [-0.2, 0) is 18.9 Å². The lowest BCUT2D eigenvalue weighted by Crippen LogP contribution is -2.26. The highest BCUT2D eigenvalue weighted by molar-refractivity contribution is 6.02. The third-order valence-electron chi connectivity index (χ3n) is 4.40. The maximum Gasteiger partial charge on any atom is 0.416 e. The molecule has 3 rings (SSSR count). The Balaban J connectivity index is 1.90. The molecule has 1 aromatic heterocycles. The zero-order chi connectivity index (χ0) is 23.7. The summed E-state index contributed by atoms with van der Waals surface area (Å²) in [5.41, 5.74) is -3.06. The summed E-state index contributed by atoms with van der Waals surface area (Å²) >= 11 is 0. The highest BCUT2D eigenvalue weighted by Gasteiger charge is 2.37. The molecule has 0 unspecified atom stereocenters. The molecule has 0 fully saturated rings. The number of hydrogen-bond acceptors (Lipinski definition) is 3. The molecule has 0 aliphatic heterocycles. The number of halogens is 6. The van der Waals surface area contributed by atoms with Crippen molar-refractivity contribution >= 4 is 11.6 Å². The molecule has 32 heavy (non-hydrogen) atoms. The third kappa shape index (κ3) is 5.54. The van der Waals surface area contributed by atoms with Crippen molar-refractivity contribution in [3.8, 4) is 0 Å². The molecule has 0 spiro atoms. The Morgan fingerprint density at radius 1 is 0.906 bits per heavy atom. The highest BCUT2D eigenvalue weighted by atomic mass is 19.4. The first-order chi connectivity index (χ1) is 14.8. The number of carbonyl (C=O) groups excluding carboxylic acids is 1. The van der Waals surface area contributed by atoms with Crippen LogP contribution in [-0.4, -0.2) is 15.7 Å². The van der Waals surface area contributed by atoms with Crippen molar-refractivity contribution in [3.05, 3.63) is 92.9 Å². The van der Waals surface area contributed by atoms with Gasteiger partial charge in [-0.25, -0.2) is 4.68 Å². The van der Waals surface area contributed by atoms with Gasteiger partial charge in [0.25, 0.3) is 11.5 Å². The topological polar surface area (TPSA) is 64.0 Å². The zero-order valence-electron chi connectivity index (χ0n) is 16.4. The van der Waals surface area contributed by atoms with Gasteiger partial charge >= 0.3 is 12.4 Å². The third-order valence-corrected chi connectivity index (χ3v) is 4.40. The standard InChI is InChI=1S/C21H15F6N3O2/c1-12-2-4-13(5-3-12)11-30-18(31)7-6-17(29-30)19(32)28-16-9-14(20(22,23)24)8-15(10-16)21(25,26)27/h2-10H,11H2,1H3,(H,28,32). The van der Waals surface area contributed by atoms with E-state index in [1.54, 1.807) is 12.1 Å². The average Bonchev–Trinajstić information content (AvgIpc) is 2.69. The fourth-order valence-corrected chi connectivity index (χ4v) is 2.77. The van der Waals surface area contributed by atoms with E-state index in [4.69, 9.17) is 0 Å². The molecule has 168 valence electrons. The Kier molecular flexibility index (Phi) is 6.11. The number of aryl methyl sites for hydroxylation is 1. The van der Waals surface area contributed by atoms with Crippen molar-refractivity contribution in [1.29, 1.82) is 0 Å². The lowest BCUT2D eigenvalue weighted by atomic mass is 10.1. The SMILES string of the molecule is Cc1ccc(Cn2nc(C(=O)Nc3cc(C(F)(F)F)cc(C(F)(F)F)c3)ccc2=O)cc1. The smallest absolute Gasteiger partial charge is 0.321 e. The minimum absolute atomic E-state index is 0.0159. The normalized spacial score (nSPS) is 12.0. The van der Waals surface area contributed by atoms with Crippen LogP contribution in [0.25, 0.3) is 0 Å². The summed E-state index contributed by atoms with van der Waals surface area (Å²) in [4.78, 5) is 24.5. The van der Waals surface area contributed by atoms with Crippen molar-refractivity contribution in [2.24, 2.45) is 0 Å². The summed E-state index contributed by atoms with van der Waals surface area (Å²) in [6.07, 6.45) is -10.1. The number of carbonyl (C=O) groups is 1. The van der Waals surface area contributed by atoms with Gasteiger partial charge in [-0.1, -0.05) is 29.8 Å². The number of nitrogens with one attached hydrogen (secondary N) is 1. The summed E-state index contributed by atoms with van der Waals surface area (Å²) in [6.45, 7) is 1.89. The molecule has 3 aromatic rings. The molecule has 1 N–H and O–H groups in total. The minimum Gasteiger partial charge on any atom is -0.321 e. The molecule has 11 heteroatoms. The monoisotopic (exact) mass is 455 g/mol. The molecule has 2 aromatic carbocycles. The predicted octanol–water partition coefficient (Wildman–Crippen LogP) is 4.89. The first-order valence-corrected chi connectivity index (χ1v) is 9.07. The summed E-state index contributed by atoms with van der Waals surface area (Å²) in [5.74, 6) is -1.07. The average molecular weight is 455 g/mol. The van der Waals surface area contributed by atoms with Gasteiger partial charge in [-0.15, -0.1) is 0 Å². The quantitative estimate of drug-likeness (QED) is 0.570. The van der Waals surface area contributed by atoms with E-state index in [1.165, 1.54) is 0 Å². The van der Waals surface area contributed by atoms with Crippen LogP contribution in [0.15, 0.2) is 59.4 Å². The molecule has 0 atom stereocenters. The lowest BCUT2D eigenvalue weighted by molar-refractivity contribution is -0.143. The first-order valence-electron chi connectivity index (χ1n) is 9.07. The predicted molar refractivity (Wildman–Crippen MR) is 103 cm³/mol. The van der Waals surface area contributed by atoms with Crippen molar-refractivity contribution in [1.82, 2.24) is 9.78 Å². The van der Waals surface area contributed by atoms with E-state index in [0.717, 1.165) is 22.4 Å². The van der Waals surface area contributed by atoms with Crippen LogP contribution < -0.4 is 10.9 Å². The fourth-order valence-electron chi connectivity index (χ4n) is 2.77. The van der Waals surface area contributed by atoms with Gasteiger partial charge in [0, 0.05) is 11.8 Å². The van der Waals surface area contributed by atoms with Gasteiger partial charge in [-0.2, -0.15) is 31.4 Å². The van der Waals surface area contributed by atoms with Gasteiger partial charge in [0.05, 0.1) is 17.7 Å². The van der Waals surface area contributed by atoms with Gasteiger partial charge in [0.1, 0.15) is 5.69 Å². The van der Waals surface area contributed by atoms with Crippen molar-refractivity contribution in [3.63, 3.8) is 0 Å². The van der Waals surface area contributed by atoms with Gasteiger partial charge < -0.3 is 5.32 Å². The maximum absolute atomic E-state index is 13.0. The van der Waals surface area contributed by atoms with E-state index in [1.807, 2.05) is 24.4 Å². The number of benzene rings is 2. The number of rotatable bonds is 4. The molecular weight excluding hydrogens is 440 g/mol. The Morgan fingerprint density at radius 2 is 1.47 bits per heavy atom.